The molecule has 0 spiro atoms. The van der Waals surface area contributed by atoms with E-state index in [1.165, 1.54) is 0 Å². The van der Waals surface area contributed by atoms with Gasteiger partial charge in [0.25, 0.3) is 0 Å². The second-order valence-corrected chi connectivity index (χ2v) is 4.96. The number of allylic oxidation sites excluding steroid dienone is 1. The van der Waals surface area contributed by atoms with Gasteiger partial charge in [-0.05, 0) is 33.4 Å². The van der Waals surface area contributed by atoms with Crippen molar-refractivity contribution in [3.8, 4) is 0 Å². The highest BCUT2D eigenvalue weighted by molar-refractivity contribution is 6.23. The molecule has 0 fully saturated rings. The summed E-state index contributed by atoms with van der Waals surface area (Å²) in [5.74, 6) is -0.479. The maximum absolute atomic E-state index is 11.7. The molecule has 0 aromatic rings. The second kappa shape index (κ2) is 7.84. The first-order valence-corrected chi connectivity index (χ1v) is 6.36. The summed E-state index contributed by atoms with van der Waals surface area (Å²) in [5.41, 5.74) is 5.89. The van der Waals surface area contributed by atoms with Gasteiger partial charge in [-0.1, -0.05) is 17.7 Å². The van der Waals surface area contributed by atoms with Crippen LogP contribution >= 0.6 is 11.6 Å². The monoisotopic (exact) mass is 287 g/mol. The van der Waals surface area contributed by atoms with Crippen LogP contribution in [0.4, 0.5) is 0 Å². The van der Waals surface area contributed by atoms with Crippen molar-refractivity contribution in [3.05, 3.63) is 24.2 Å². The minimum Gasteiger partial charge on any atom is -0.461 e. The third-order valence-corrected chi connectivity index (χ3v) is 3.18. The molecule has 0 saturated heterocycles. The van der Waals surface area contributed by atoms with Gasteiger partial charge in [0.05, 0.1) is 6.61 Å². The number of carbonyl (C=O) groups is 1. The molecule has 108 valence electrons. The smallest absolute Gasteiger partial charge is 0.360 e. The molecule has 0 radical (unpaired) electrons. The summed E-state index contributed by atoms with van der Waals surface area (Å²) in [6.07, 6.45) is 3.13. The Bertz CT molecular complexity index is 378. The Hall–Kier alpha value is -1.49. The Balaban J connectivity index is 5.21. The first-order valence-electron chi connectivity index (χ1n) is 5.99. The fraction of sp³-hybridized carbons (Fsp3) is 0.538. The number of halogens is 1. The van der Waals surface area contributed by atoms with Crippen molar-refractivity contribution in [2.75, 3.05) is 13.7 Å². The first kappa shape index (κ1) is 17.5. The van der Waals surface area contributed by atoms with Crippen LogP contribution in [-0.4, -0.2) is 36.2 Å². The Morgan fingerprint density at radius 3 is 2.63 bits per heavy atom. The van der Waals surface area contributed by atoms with Crippen LogP contribution in [0.3, 0.4) is 0 Å². The quantitative estimate of drug-likeness (QED) is 0.186. The van der Waals surface area contributed by atoms with Crippen molar-refractivity contribution in [2.45, 2.75) is 31.7 Å². The van der Waals surface area contributed by atoms with Crippen LogP contribution in [0.25, 0.3) is 0 Å². The SMILES string of the molecule is C=CCCC(C)(Cl)N(C)/C(N)=C(\N=C)C(=O)OCC. The molecular weight excluding hydrogens is 266 g/mol. The van der Waals surface area contributed by atoms with E-state index in [0.29, 0.717) is 6.42 Å². The molecule has 0 heterocycles. The predicted molar refractivity (Wildman–Crippen MR) is 78.8 cm³/mol. The van der Waals surface area contributed by atoms with Crippen LogP contribution in [-0.2, 0) is 9.53 Å². The van der Waals surface area contributed by atoms with E-state index < -0.39 is 11.0 Å². The van der Waals surface area contributed by atoms with Gasteiger partial charge in [-0.3, -0.25) is 4.99 Å². The van der Waals surface area contributed by atoms with Crippen molar-refractivity contribution in [1.29, 1.82) is 0 Å². The van der Waals surface area contributed by atoms with Gasteiger partial charge in [0, 0.05) is 7.05 Å². The van der Waals surface area contributed by atoms with Gasteiger partial charge in [0.2, 0.25) is 0 Å². The molecule has 1 atom stereocenters. The number of nitrogens with two attached hydrogens (primary N) is 1. The standard InChI is InChI=1S/C13H22ClN3O2/c1-6-8-9-13(3,14)17(5)11(15)10(16-4)12(18)19-7-2/h6H,1,4,7-9,15H2,2-3,5H3/b11-10-. The van der Waals surface area contributed by atoms with Crippen molar-refractivity contribution in [2.24, 2.45) is 10.7 Å². The molecule has 2 N–H and O–H groups in total. The van der Waals surface area contributed by atoms with Gasteiger partial charge in [0.15, 0.2) is 5.70 Å². The largest absolute Gasteiger partial charge is 0.461 e. The molecule has 0 bridgehead atoms. The fourth-order valence-corrected chi connectivity index (χ4v) is 1.59. The number of hydrogen-bond acceptors (Lipinski definition) is 5. The average molecular weight is 288 g/mol. The Morgan fingerprint density at radius 1 is 1.63 bits per heavy atom. The van der Waals surface area contributed by atoms with Crippen molar-refractivity contribution in [3.63, 3.8) is 0 Å². The van der Waals surface area contributed by atoms with Gasteiger partial charge in [0.1, 0.15) is 10.8 Å². The number of carbonyl (C=O) groups excluding carboxylic acids is 1. The van der Waals surface area contributed by atoms with E-state index in [2.05, 4.69) is 18.3 Å². The molecule has 19 heavy (non-hydrogen) atoms. The number of rotatable bonds is 8. The highest BCUT2D eigenvalue weighted by atomic mass is 35.5. The zero-order valence-electron chi connectivity index (χ0n) is 11.8. The predicted octanol–water partition coefficient (Wildman–Crippen LogP) is 2.23. The van der Waals surface area contributed by atoms with Crippen molar-refractivity contribution < 1.29 is 9.53 Å². The van der Waals surface area contributed by atoms with Gasteiger partial charge in [-0.2, -0.15) is 0 Å². The zero-order valence-corrected chi connectivity index (χ0v) is 12.5. The van der Waals surface area contributed by atoms with Crippen molar-refractivity contribution in [1.82, 2.24) is 4.90 Å². The molecule has 0 rings (SSSR count). The lowest BCUT2D eigenvalue weighted by molar-refractivity contribution is -0.138. The number of aliphatic imine (C=N–C) groups is 1. The highest BCUT2D eigenvalue weighted by Gasteiger charge is 2.29. The lowest BCUT2D eigenvalue weighted by Gasteiger charge is -2.35. The molecule has 0 saturated carbocycles. The molecule has 0 aromatic heterocycles. The van der Waals surface area contributed by atoms with Gasteiger partial charge in [-0.15, -0.1) is 6.58 Å². The maximum atomic E-state index is 11.7. The van der Waals surface area contributed by atoms with E-state index in [1.54, 1.807) is 31.9 Å². The third-order valence-electron chi connectivity index (χ3n) is 2.73. The third kappa shape index (κ3) is 4.95. The summed E-state index contributed by atoms with van der Waals surface area (Å²) >= 11 is 6.39. The molecule has 1 unspecified atom stereocenters. The maximum Gasteiger partial charge on any atom is 0.360 e. The highest BCUT2D eigenvalue weighted by Crippen LogP contribution is 2.28. The number of hydrogen-bond donors (Lipinski definition) is 1. The molecule has 0 amide bonds. The van der Waals surface area contributed by atoms with E-state index in [9.17, 15) is 4.79 Å². The van der Waals surface area contributed by atoms with E-state index in [4.69, 9.17) is 22.1 Å². The van der Waals surface area contributed by atoms with Crippen LogP contribution in [0.1, 0.15) is 26.7 Å². The molecule has 5 nitrogen and oxygen atoms in total. The van der Waals surface area contributed by atoms with Crippen LogP contribution in [0.15, 0.2) is 29.2 Å². The van der Waals surface area contributed by atoms with Crippen LogP contribution in [0, 0.1) is 0 Å². The van der Waals surface area contributed by atoms with E-state index >= 15 is 0 Å². The molecule has 0 aliphatic carbocycles. The summed E-state index contributed by atoms with van der Waals surface area (Å²) in [4.78, 5) is 16.1. The Labute approximate surface area is 119 Å². The molecule has 0 aliphatic rings. The number of nitrogens with zero attached hydrogens (tertiary/aromatic N) is 2. The van der Waals surface area contributed by atoms with Gasteiger partial charge in [-0.25, -0.2) is 4.79 Å². The lowest BCUT2D eigenvalue weighted by Crippen LogP contribution is -2.41. The number of esters is 1. The Kier molecular flexibility index (Phi) is 7.22. The Morgan fingerprint density at radius 2 is 2.21 bits per heavy atom. The van der Waals surface area contributed by atoms with Gasteiger partial charge >= 0.3 is 5.97 Å². The van der Waals surface area contributed by atoms with Crippen molar-refractivity contribution >= 4 is 24.3 Å². The summed E-state index contributed by atoms with van der Waals surface area (Å²) in [6, 6.07) is 0. The zero-order chi connectivity index (χ0) is 15.1. The van der Waals surface area contributed by atoms with E-state index in [0.717, 1.165) is 6.42 Å². The van der Waals surface area contributed by atoms with Crippen LogP contribution < -0.4 is 5.73 Å². The summed E-state index contributed by atoms with van der Waals surface area (Å²) < 4.78 is 4.86. The van der Waals surface area contributed by atoms with Crippen LogP contribution in [0.2, 0.25) is 0 Å². The van der Waals surface area contributed by atoms with E-state index in [-0.39, 0.29) is 18.1 Å². The minimum atomic E-state index is -0.749. The van der Waals surface area contributed by atoms with Crippen LogP contribution in [0.5, 0.6) is 0 Å². The normalized spacial score (nSPS) is 14.9. The fourth-order valence-electron chi connectivity index (χ4n) is 1.39. The molecule has 0 aliphatic heterocycles. The second-order valence-electron chi connectivity index (χ2n) is 4.14. The molecular formula is C13H22ClN3O2. The number of alkyl halides is 1. The first-order chi connectivity index (χ1) is 8.81. The van der Waals surface area contributed by atoms with E-state index in [1.807, 2.05) is 0 Å². The summed E-state index contributed by atoms with van der Waals surface area (Å²) in [5, 5.41) is 0. The number of ether oxygens (including phenoxy) is 1. The minimum absolute atomic E-state index is 0.0326. The summed E-state index contributed by atoms with van der Waals surface area (Å²) in [6.45, 7) is 10.7. The average Bonchev–Trinajstić information content (AvgIpc) is 2.36. The molecule has 6 heteroatoms. The molecule has 0 aromatic carbocycles. The topological polar surface area (TPSA) is 67.9 Å². The lowest BCUT2D eigenvalue weighted by atomic mass is 10.1. The summed E-state index contributed by atoms with van der Waals surface area (Å²) in [7, 11) is 1.69. The van der Waals surface area contributed by atoms with Gasteiger partial charge < -0.3 is 15.4 Å².